The summed E-state index contributed by atoms with van der Waals surface area (Å²) >= 11 is 5.96. The summed E-state index contributed by atoms with van der Waals surface area (Å²) in [6, 6.07) is 23.8. The molecule has 0 atom stereocenters. The van der Waals surface area contributed by atoms with Crippen LogP contribution in [0.4, 0.5) is 6.01 Å². The molecule has 0 N–H and O–H groups in total. The lowest BCUT2D eigenvalue weighted by molar-refractivity contribution is 0.0745. The number of carbonyl (C=O) groups is 1. The van der Waals surface area contributed by atoms with Gasteiger partial charge in [0.25, 0.3) is 11.9 Å². The Kier molecular flexibility index (Phi) is 4.89. The van der Waals surface area contributed by atoms with Crippen molar-refractivity contribution < 1.29 is 9.21 Å². The maximum atomic E-state index is 12.9. The summed E-state index contributed by atoms with van der Waals surface area (Å²) in [5.41, 5.74) is 4.47. The first kappa shape index (κ1) is 18.7. The summed E-state index contributed by atoms with van der Waals surface area (Å²) < 4.78 is 5.85. The highest BCUT2D eigenvalue weighted by Gasteiger charge is 2.24. The third-order valence-corrected chi connectivity index (χ3v) is 5.68. The summed E-state index contributed by atoms with van der Waals surface area (Å²) in [6.07, 6.45) is 0. The fourth-order valence-electron chi connectivity index (χ4n) is 3.73. The SMILES string of the molecule is O=C(c1ccc(-c2ccc(Cl)cc2)cc1)N1CCN(c2nc3ccccc3o2)CC1. The largest absolute Gasteiger partial charge is 0.423 e. The number of aromatic nitrogens is 1. The quantitative estimate of drug-likeness (QED) is 0.464. The van der Waals surface area contributed by atoms with Gasteiger partial charge < -0.3 is 14.2 Å². The predicted molar refractivity (Wildman–Crippen MR) is 119 cm³/mol. The van der Waals surface area contributed by atoms with Crippen LogP contribution in [0.2, 0.25) is 5.02 Å². The highest BCUT2D eigenvalue weighted by atomic mass is 35.5. The molecule has 6 heteroatoms. The Bertz CT molecular complexity index is 1140. The lowest BCUT2D eigenvalue weighted by Gasteiger charge is -2.33. The van der Waals surface area contributed by atoms with Gasteiger partial charge in [-0.1, -0.05) is 48.0 Å². The Morgan fingerprint density at radius 1 is 0.833 bits per heavy atom. The zero-order chi connectivity index (χ0) is 20.5. The van der Waals surface area contributed by atoms with Crippen LogP contribution in [-0.4, -0.2) is 42.0 Å². The molecule has 2 heterocycles. The van der Waals surface area contributed by atoms with E-state index in [1.807, 2.05) is 77.7 Å². The first-order valence-electron chi connectivity index (χ1n) is 9.93. The minimum absolute atomic E-state index is 0.0508. The van der Waals surface area contributed by atoms with Gasteiger partial charge in [-0.05, 0) is 47.5 Å². The maximum Gasteiger partial charge on any atom is 0.298 e. The second-order valence-corrected chi connectivity index (χ2v) is 7.76. The average Bonchev–Trinajstić information content (AvgIpc) is 3.24. The van der Waals surface area contributed by atoms with Gasteiger partial charge in [0.1, 0.15) is 5.52 Å². The first-order valence-corrected chi connectivity index (χ1v) is 10.3. The molecule has 0 saturated carbocycles. The smallest absolute Gasteiger partial charge is 0.298 e. The van der Waals surface area contributed by atoms with Gasteiger partial charge >= 0.3 is 0 Å². The van der Waals surface area contributed by atoms with Crippen molar-refractivity contribution in [1.82, 2.24) is 9.88 Å². The third kappa shape index (κ3) is 3.64. The van der Waals surface area contributed by atoms with E-state index in [-0.39, 0.29) is 5.91 Å². The Morgan fingerprint density at radius 3 is 2.13 bits per heavy atom. The van der Waals surface area contributed by atoms with Gasteiger partial charge in [-0.3, -0.25) is 4.79 Å². The van der Waals surface area contributed by atoms with Crippen LogP contribution in [0.5, 0.6) is 0 Å². The number of nitrogens with zero attached hydrogens (tertiary/aromatic N) is 3. The van der Waals surface area contributed by atoms with Gasteiger partial charge in [0.2, 0.25) is 0 Å². The van der Waals surface area contributed by atoms with E-state index in [1.165, 1.54) is 0 Å². The molecule has 1 fully saturated rings. The zero-order valence-corrected chi connectivity index (χ0v) is 17.0. The molecule has 1 aliphatic rings. The topological polar surface area (TPSA) is 49.6 Å². The molecule has 1 aromatic heterocycles. The van der Waals surface area contributed by atoms with Crippen molar-refractivity contribution in [3.63, 3.8) is 0 Å². The number of oxazole rings is 1. The fourth-order valence-corrected chi connectivity index (χ4v) is 3.85. The summed E-state index contributed by atoms with van der Waals surface area (Å²) in [6.45, 7) is 2.66. The molecule has 1 aliphatic heterocycles. The number of piperazine rings is 1. The average molecular weight is 418 g/mol. The molecule has 0 radical (unpaired) electrons. The van der Waals surface area contributed by atoms with Gasteiger partial charge in [0.15, 0.2) is 5.58 Å². The van der Waals surface area contributed by atoms with E-state index in [2.05, 4.69) is 9.88 Å². The van der Waals surface area contributed by atoms with E-state index in [1.54, 1.807) is 0 Å². The number of hydrogen-bond acceptors (Lipinski definition) is 4. The Hall–Kier alpha value is -3.31. The number of anilines is 1. The van der Waals surface area contributed by atoms with Crippen LogP contribution in [0.3, 0.4) is 0 Å². The second-order valence-electron chi connectivity index (χ2n) is 7.33. The lowest BCUT2D eigenvalue weighted by Crippen LogP contribution is -2.48. The number of carbonyl (C=O) groups excluding carboxylic acids is 1. The number of hydrogen-bond donors (Lipinski definition) is 0. The van der Waals surface area contributed by atoms with Gasteiger partial charge in [-0.15, -0.1) is 0 Å². The van der Waals surface area contributed by atoms with Crippen LogP contribution in [0.15, 0.2) is 77.2 Å². The first-order chi connectivity index (χ1) is 14.7. The minimum atomic E-state index is 0.0508. The van der Waals surface area contributed by atoms with E-state index in [0.717, 1.165) is 22.2 Å². The molecule has 150 valence electrons. The maximum absolute atomic E-state index is 12.9. The molecule has 0 unspecified atom stereocenters. The van der Waals surface area contributed by atoms with Crippen molar-refractivity contribution in [3.8, 4) is 11.1 Å². The van der Waals surface area contributed by atoms with Crippen LogP contribution in [0.1, 0.15) is 10.4 Å². The number of benzene rings is 3. The Labute approximate surface area is 179 Å². The van der Waals surface area contributed by atoms with Gasteiger partial charge in [0.05, 0.1) is 0 Å². The van der Waals surface area contributed by atoms with Crippen molar-refractivity contribution in [2.75, 3.05) is 31.1 Å². The summed E-state index contributed by atoms with van der Waals surface area (Å²) in [4.78, 5) is 21.5. The molecule has 3 aromatic carbocycles. The second kappa shape index (κ2) is 7.84. The van der Waals surface area contributed by atoms with Gasteiger partial charge in [-0.2, -0.15) is 4.98 Å². The monoisotopic (exact) mass is 417 g/mol. The Balaban J connectivity index is 1.24. The number of rotatable bonds is 3. The number of fused-ring (bicyclic) bond motifs is 1. The zero-order valence-electron chi connectivity index (χ0n) is 16.3. The predicted octanol–water partition coefficient (Wildman–Crippen LogP) is 5.11. The van der Waals surface area contributed by atoms with E-state index >= 15 is 0 Å². The molecule has 0 bridgehead atoms. The van der Waals surface area contributed by atoms with Crippen molar-refractivity contribution >= 4 is 34.6 Å². The molecular formula is C24H20ClN3O2. The number of para-hydroxylation sites is 2. The summed E-state index contributed by atoms with van der Waals surface area (Å²) in [5, 5.41) is 0.711. The van der Waals surface area contributed by atoms with Crippen LogP contribution in [0.25, 0.3) is 22.2 Å². The molecule has 0 spiro atoms. The van der Waals surface area contributed by atoms with E-state index in [9.17, 15) is 4.79 Å². The van der Waals surface area contributed by atoms with E-state index in [4.69, 9.17) is 16.0 Å². The van der Waals surface area contributed by atoms with Crippen molar-refractivity contribution in [2.24, 2.45) is 0 Å². The molecule has 5 rings (SSSR count). The van der Waals surface area contributed by atoms with E-state index < -0.39 is 0 Å². The fraction of sp³-hybridized carbons (Fsp3) is 0.167. The summed E-state index contributed by atoms with van der Waals surface area (Å²) in [7, 11) is 0. The summed E-state index contributed by atoms with van der Waals surface area (Å²) in [5.74, 6) is 0.0508. The molecule has 4 aromatic rings. The minimum Gasteiger partial charge on any atom is -0.423 e. The molecule has 5 nitrogen and oxygen atoms in total. The van der Waals surface area contributed by atoms with Crippen LogP contribution >= 0.6 is 11.6 Å². The van der Waals surface area contributed by atoms with Gasteiger partial charge in [-0.25, -0.2) is 0 Å². The highest BCUT2D eigenvalue weighted by Crippen LogP contribution is 2.24. The van der Waals surface area contributed by atoms with Crippen LogP contribution in [0, 0.1) is 0 Å². The van der Waals surface area contributed by atoms with Crippen molar-refractivity contribution in [1.29, 1.82) is 0 Å². The molecule has 1 saturated heterocycles. The van der Waals surface area contributed by atoms with E-state index in [0.29, 0.717) is 42.8 Å². The third-order valence-electron chi connectivity index (χ3n) is 5.43. The lowest BCUT2D eigenvalue weighted by atomic mass is 10.0. The number of halogens is 1. The molecule has 30 heavy (non-hydrogen) atoms. The molecular weight excluding hydrogens is 398 g/mol. The Morgan fingerprint density at radius 2 is 1.47 bits per heavy atom. The standard InChI is InChI=1S/C24H20ClN3O2/c25-20-11-9-18(10-12-20)17-5-7-19(8-6-17)23(29)27-13-15-28(16-14-27)24-26-21-3-1-2-4-22(21)30-24/h1-12H,13-16H2. The van der Waals surface area contributed by atoms with Crippen LogP contribution in [-0.2, 0) is 0 Å². The normalized spacial score (nSPS) is 14.3. The molecule has 1 amide bonds. The van der Waals surface area contributed by atoms with Gasteiger partial charge in [0, 0.05) is 36.8 Å². The highest BCUT2D eigenvalue weighted by molar-refractivity contribution is 6.30. The van der Waals surface area contributed by atoms with Crippen LogP contribution < -0.4 is 4.90 Å². The van der Waals surface area contributed by atoms with Crippen molar-refractivity contribution in [3.05, 3.63) is 83.4 Å². The van der Waals surface area contributed by atoms with Crippen molar-refractivity contribution in [2.45, 2.75) is 0 Å². The number of amides is 1. The molecule has 0 aliphatic carbocycles.